The quantitative estimate of drug-likeness (QED) is 0.0262. The molecule has 0 heterocycles. The van der Waals surface area contributed by atoms with Crippen molar-refractivity contribution in [3.63, 3.8) is 0 Å². The lowest BCUT2D eigenvalue weighted by Gasteiger charge is -2.18. The number of hydrogen-bond donors (Lipinski definition) is 0. The minimum atomic E-state index is -0.809. The molecule has 0 aromatic carbocycles. The van der Waals surface area contributed by atoms with Crippen LogP contribution in [-0.4, -0.2) is 37.2 Å². The Labute approximate surface area is 393 Å². The molecule has 0 fully saturated rings. The molecule has 6 heteroatoms. The summed E-state index contributed by atoms with van der Waals surface area (Å²) in [5.74, 6) is -0.993. The van der Waals surface area contributed by atoms with Crippen LogP contribution in [0.5, 0.6) is 0 Å². The number of carbonyl (C=O) groups excluding carboxylic acids is 3. The van der Waals surface area contributed by atoms with Gasteiger partial charge in [0.25, 0.3) is 0 Å². The van der Waals surface area contributed by atoms with Gasteiger partial charge in [0, 0.05) is 19.3 Å². The second-order valence-electron chi connectivity index (χ2n) is 16.7. The molecule has 0 saturated heterocycles. The monoisotopic (exact) mass is 887 g/mol. The van der Waals surface area contributed by atoms with Crippen LogP contribution in [0.4, 0.5) is 0 Å². The Hall–Kier alpha value is -3.93. The molecule has 0 N–H and O–H groups in total. The van der Waals surface area contributed by atoms with E-state index in [0.717, 1.165) is 116 Å². The van der Waals surface area contributed by atoms with Gasteiger partial charge in [-0.1, -0.05) is 194 Å². The Morgan fingerprint density at radius 1 is 0.328 bits per heavy atom. The smallest absolute Gasteiger partial charge is 0.306 e. The van der Waals surface area contributed by atoms with Crippen molar-refractivity contribution in [2.24, 2.45) is 0 Å². The average Bonchev–Trinajstić information content (AvgIpc) is 3.29. The molecule has 0 rings (SSSR count). The topological polar surface area (TPSA) is 78.9 Å². The standard InChI is InChI=1S/C58H94O6/c1-4-7-10-13-16-19-22-24-25-26-27-28-29-30-31-32-33-34-37-39-42-45-48-51-57(60)63-54-55(53-62-56(59)50-47-44-41-38-35-21-18-15-12-9-6-3)64-58(61)52-49-46-43-40-36-23-20-17-14-11-8-5-2/h7,10,15-20,24-25,27-28,30-31,33-34,39,42,55H,4-6,8-9,11-14,21-23,26,29,32,35-38,40-41,43-54H2,1-3H3/b10-7-,18-15-,19-16-,20-17-,25-24-,28-27-,31-30-,34-33-,42-39-. The zero-order valence-corrected chi connectivity index (χ0v) is 41.3. The van der Waals surface area contributed by atoms with Crippen molar-refractivity contribution in [1.82, 2.24) is 0 Å². The number of carbonyl (C=O) groups is 3. The van der Waals surface area contributed by atoms with Gasteiger partial charge in [-0.3, -0.25) is 14.4 Å². The second-order valence-corrected chi connectivity index (χ2v) is 16.7. The molecule has 362 valence electrons. The Kier molecular flexibility index (Phi) is 48.5. The van der Waals surface area contributed by atoms with Crippen LogP contribution in [0.3, 0.4) is 0 Å². The predicted molar refractivity (Wildman–Crippen MR) is 274 cm³/mol. The minimum absolute atomic E-state index is 0.106. The van der Waals surface area contributed by atoms with Gasteiger partial charge in [-0.2, -0.15) is 0 Å². The molecule has 0 aromatic heterocycles. The van der Waals surface area contributed by atoms with E-state index in [9.17, 15) is 14.4 Å². The zero-order chi connectivity index (χ0) is 46.5. The summed E-state index contributed by atoms with van der Waals surface area (Å²) in [6.45, 7) is 6.38. The van der Waals surface area contributed by atoms with Crippen LogP contribution < -0.4 is 0 Å². The van der Waals surface area contributed by atoms with Gasteiger partial charge < -0.3 is 14.2 Å². The van der Waals surface area contributed by atoms with E-state index in [4.69, 9.17) is 14.2 Å². The van der Waals surface area contributed by atoms with E-state index in [0.29, 0.717) is 19.3 Å². The fourth-order valence-corrected chi connectivity index (χ4v) is 6.58. The normalized spacial score (nSPS) is 13.0. The highest BCUT2D eigenvalue weighted by atomic mass is 16.6. The molecule has 64 heavy (non-hydrogen) atoms. The Bertz CT molecular complexity index is 1340. The third kappa shape index (κ3) is 49.1. The van der Waals surface area contributed by atoms with Gasteiger partial charge in [0.2, 0.25) is 0 Å². The molecule has 0 amide bonds. The molecule has 0 aliphatic rings. The summed E-state index contributed by atoms with van der Waals surface area (Å²) < 4.78 is 16.7. The summed E-state index contributed by atoms with van der Waals surface area (Å²) in [7, 11) is 0. The van der Waals surface area contributed by atoms with E-state index in [2.05, 4.69) is 130 Å². The number of rotatable bonds is 45. The van der Waals surface area contributed by atoms with Crippen LogP contribution in [0, 0.1) is 0 Å². The lowest BCUT2D eigenvalue weighted by Crippen LogP contribution is -2.30. The van der Waals surface area contributed by atoms with Crippen LogP contribution in [0.15, 0.2) is 109 Å². The lowest BCUT2D eigenvalue weighted by atomic mass is 10.1. The Morgan fingerprint density at radius 3 is 1.08 bits per heavy atom. The average molecular weight is 887 g/mol. The summed E-state index contributed by atoms with van der Waals surface area (Å²) in [5.41, 5.74) is 0. The molecule has 0 spiro atoms. The first-order valence-electron chi connectivity index (χ1n) is 25.9. The van der Waals surface area contributed by atoms with E-state index >= 15 is 0 Å². The van der Waals surface area contributed by atoms with Gasteiger partial charge in [0.1, 0.15) is 13.2 Å². The number of hydrogen-bond acceptors (Lipinski definition) is 6. The molecular weight excluding hydrogens is 793 g/mol. The van der Waals surface area contributed by atoms with Crippen LogP contribution in [0.2, 0.25) is 0 Å². The molecule has 0 radical (unpaired) electrons. The molecule has 0 aromatic rings. The number of ether oxygens (including phenoxy) is 3. The van der Waals surface area contributed by atoms with Crippen LogP contribution in [0.25, 0.3) is 0 Å². The van der Waals surface area contributed by atoms with Crippen LogP contribution in [0.1, 0.15) is 220 Å². The Morgan fingerprint density at radius 2 is 0.641 bits per heavy atom. The summed E-state index contributed by atoms with van der Waals surface area (Å²) in [5, 5.41) is 0. The van der Waals surface area contributed by atoms with Gasteiger partial charge in [0.05, 0.1) is 0 Å². The summed E-state index contributed by atoms with van der Waals surface area (Å²) >= 11 is 0. The Balaban J connectivity index is 4.45. The summed E-state index contributed by atoms with van der Waals surface area (Å²) in [6.07, 6.45) is 69.4. The first-order valence-corrected chi connectivity index (χ1v) is 25.9. The zero-order valence-electron chi connectivity index (χ0n) is 41.3. The summed E-state index contributed by atoms with van der Waals surface area (Å²) in [4.78, 5) is 37.9. The van der Waals surface area contributed by atoms with Crippen molar-refractivity contribution in [1.29, 1.82) is 0 Å². The largest absolute Gasteiger partial charge is 0.462 e. The van der Waals surface area contributed by atoms with Gasteiger partial charge >= 0.3 is 17.9 Å². The van der Waals surface area contributed by atoms with Crippen molar-refractivity contribution in [3.05, 3.63) is 109 Å². The van der Waals surface area contributed by atoms with Crippen molar-refractivity contribution in [3.8, 4) is 0 Å². The number of allylic oxidation sites excluding steroid dienone is 18. The van der Waals surface area contributed by atoms with Crippen LogP contribution in [-0.2, 0) is 28.6 Å². The lowest BCUT2D eigenvalue weighted by molar-refractivity contribution is -0.167. The minimum Gasteiger partial charge on any atom is -0.462 e. The third-order valence-electron chi connectivity index (χ3n) is 10.5. The van der Waals surface area contributed by atoms with E-state index in [-0.39, 0.29) is 37.5 Å². The third-order valence-corrected chi connectivity index (χ3v) is 10.5. The van der Waals surface area contributed by atoms with Gasteiger partial charge in [0.15, 0.2) is 6.10 Å². The van der Waals surface area contributed by atoms with Crippen molar-refractivity contribution < 1.29 is 28.6 Å². The molecule has 0 aliphatic carbocycles. The molecule has 0 aliphatic heterocycles. The SMILES string of the molecule is CC/C=C\C/C=C\C/C=C\C/C=C\C/C=C\C/C=C\C/C=C\CCCC(=O)OCC(COC(=O)CCCCCCC/C=C\CCCC)OC(=O)CCCCCCC/C=C\CCCCC. The maximum atomic E-state index is 12.8. The van der Waals surface area contributed by atoms with Gasteiger partial charge in [-0.25, -0.2) is 0 Å². The number of unbranched alkanes of at least 4 members (excludes halogenated alkanes) is 16. The predicted octanol–water partition coefficient (Wildman–Crippen LogP) is 17.1. The highest BCUT2D eigenvalue weighted by Crippen LogP contribution is 2.12. The van der Waals surface area contributed by atoms with Gasteiger partial charge in [-0.15, -0.1) is 0 Å². The molecule has 6 nitrogen and oxygen atoms in total. The first-order chi connectivity index (χ1) is 31.5. The van der Waals surface area contributed by atoms with E-state index in [1.54, 1.807) is 0 Å². The van der Waals surface area contributed by atoms with Crippen LogP contribution >= 0.6 is 0 Å². The molecule has 1 atom stereocenters. The molecule has 0 saturated carbocycles. The second kappa shape index (κ2) is 51.7. The highest BCUT2D eigenvalue weighted by Gasteiger charge is 2.19. The molecular formula is C58H94O6. The van der Waals surface area contributed by atoms with Crippen molar-refractivity contribution >= 4 is 17.9 Å². The van der Waals surface area contributed by atoms with E-state index < -0.39 is 6.10 Å². The molecule has 1 unspecified atom stereocenters. The highest BCUT2D eigenvalue weighted by molar-refractivity contribution is 5.71. The maximum absolute atomic E-state index is 12.8. The van der Waals surface area contributed by atoms with E-state index in [1.807, 2.05) is 0 Å². The number of esters is 3. The van der Waals surface area contributed by atoms with Gasteiger partial charge in [-0.05, 0) is 116 Å². The van der Waals surface area contributed by atoms with E-state index in [1.165, 1.54) is 57.8 Å². The fraction of sp³-hybridized carbons (Fsp3) is 0.638. The fourth-order valence-electron chi connectivity index (χ4n) is 6.58. The first kappa shape index (κ1) is 60.1. The van der Waals surface area contributed by atoms with Crippen molar-refractivity contribution in [2.75, 3.05) is 13.2 Å². The molecule has 0 bridgehead atoms. The summed E-state index contributed by atoms with van der Waals surface area (Å²) in [6, 6.07) is 0. The van der Waals surface area contributed by atoms with Crippen molar-refractivity contribution in [2.45, 2.75) is 226 Å². The maximum Gasteiger partial charge on any atom is 0.306 e.